The summed E-state index contributed by atoms with van der Waals surface area (Å²) in [6.45, 7) is 2.42. The SMILES string of the molecule is CCn1cc(NC(=O)c2ccc(Cl)n2C)ccc1=O. The van der Waals surface area contributed by atoms with E-state index in [1.165, 1.54) is 10.6 Å². The second-order valence-corrected chi connectivity index (χ2v) is 4.48. The van der Waals surface area contributed by atoms with Crippen molar-refractivity contribution in [3.05, 3.63) is 51.7 Å². The van der Waals surface area contributed by atoms with E-state index in [0.717, 1.165) is 0 Å². The predicted octanol–water partition coefficient (Wildman–Crippen LogP) is 2.11. The van der Waals surface area contributed by atoms with Gasteiger partial charge in [0.05, 0.1) is 5.69 Å². The first-order valence-corrected chi connectivity index (χ1v) is 6.23. The fourth-order valence-corrected chi connectivity index (χ4v) is 1.92. The number of rotatable bonds is 3. The summed E-state index contributed by atoms with van der Waals surface area (Å²) in [5.74, 6) is -0.268. The molecule has 0 saturated heterocycles. The molecule has 0 bridgehead atoms. The molecule has 0 aliphatic rings. The maximum atomic E-state index is 12.1. The summed E-state index contributed by atoms with van der Waals surface area (Å²) in [4.78, 5) is 23.5. The van der Waals surface area contributed by atoms with Crippen LogP contribution in [-0.2, 0) is 13.6 Å². The van der Waals surface area contributed by atoms with Gasteiger partial charge in [-0.15, -0.1) is 0 Å². The lowest BCUT2D eigenvalue weighted by molar-refractivity contribution is 0.101. The van der Waals surface area contributed by atoms with Crippen LogP contribution in [-0.4, -0.2) is 15.0 Å². The van der Waals surface area contributed by atoms with Crippen LogP contribution in [0.25, 0.3) is 0 Å². The number of carbonyl (C=O) groups excluding carboxylic acids is 1. The number of amides is 1. The molecular formula is C13H14ClN3O2. The lowest BCUT2D eigenvalue weighted by Gasteiger charge is -2.08. The summed E-state index contributed by atoms with van der Waals surface area (Å²) in [5.41, 5.74) is 0.936. The van der Waals surface area contributed by atoms with Crippen LogP contribution >= 0.6 is 11.6 Å². The van der Waals surface area contributed by atoms with Crippen molar-refractivity contribution in [1.29, 1.82) is 0 Å². The number of pyridine rings is 1. The first-order valence-electron chi connectivity index (χ1n) is 5.86. The van der Waals surface area contributed by atoms with Crippen LogP contribution in [0.15, 0.2) is 35.3 Å². The van der Waals surface area contributed by atoms with Crippen LogP contribution in [0.2, 0.25) is 5.15 Å². The van der Waals surface area contributed by atoms with Gasteiger partial charge in [0, 0.05) is 25.9 Å². The zero-order valence-electron chi connectivity index (χ0n) is 10.7. The minimum absolute atomic E-state index is 0.0950. The molecule has 1 N–H and O–H groups in total. The highest BCUT2D eigenvalue weighted by Crippen LogP contribution is 2.14. The highest BCUT2D eigenvalue weighted by molar-refractivity contribution is 6.30. The van der Waals surface area contributed by atoms with E-state index >= 15 is 0 Å². The predicted molar refractivity (Wildman–Crippen MR) is 74.8 cm³/mol. The standard InChI is InChI=1S/C13H14ClN3O2/c1-3-17-8-9(4-7-12(17)18)15-13(19)10-5-6-11(14)16(10)2/h4-8H,3H2,1-2H3,(H,15,19). The molecule has 19 heavy (non-hydrogen) atoms. The average Bonchev–Trinajstić information content (AvgIpc) is 2.72. The number of aryl methyl sites for hydroxylation is 1. The Morgan fingerprint density at radius 1 is 1.32 bits per heavy atom. The van der Waals surface area contributed by atoms with Gasteiger partial charge in [0.15, 0.2) is 0 Å². The number of halogens is 1. The topological polar surface area (TPSA) is 56.0 Å². The Labute approximate surface area is 115 Å². The van der Waals surface area contributed by atoms with Crippen molar-refractivity contribution < 1.29 is 4.79 Å². The zero-order valence-corrected chi connectivity index (χ0v) is 11.4. The van der Waals surface area contributed by atoms with E-state index < -0.39 is 0 Å². The summed E-state index contributed by atoms with van der Waals surface area (Å²) in [7, 11) is 1.71. The van der Waals surface area contributed by atoms with Crippen molar-refractivity contribution in [2.75, 3.05) is 5.32 Å². The highest BCUT2D eigenvalue weighted by atomic mass is 35.5. The smallest absolute Gasteiger partial charge is 0.272 e. The fourth-order valence-electron chi connectivity index (χ4n) is 1.76. The van der Waals surface area contributed by atoms with Crippen LogP contribution in [0.4, 0.5) is 5.69 Å². The van der Waals surface area contributed by atoms with Crippen molar-refractivity contribution in [2.45, 2.75) is 13.5 Å². The molecule has 0 aliphatic carbocycles. The van der Waals surface area contributed by atoms with E-state index in [-0.39, 0.29) is 11.5 Å². The molecule has 2 rings (SSSR count). The van der Waals surface area contributed by atoms with Gasteiger partial charge in [-0.1, -0.05) is 11.6 Å². The Morgan fingerprint density at radius 3 is 2.63 bits per heavy atom. The van der Waals surface area contributed by atoms with E-state index in [1.54, 1.807) is 36.0 Å². The van der Waals surface area contributed by atoms with Crippen molar-refractivity contribution in [1.82, 2.24) is 9.13 Å². The average molecular weight is 280 g/mol. The summed E-state index contributed by atoms with van der Waals surface area (Å²) >= 11 is 5.88. The van der Waals surface area contributed by atoms with Gasteiger partial charge in [0.25, 0.3) is 11.5 Å². The normalized spacial score (nSPS) is 10.5. The quantitative estimate of drug-likeness (QED) is 0.935. The third-order valence-corrected chi connectivity index (χ3v) is 3.25. The van der Waals surface area contributed by atoms with Crippen LogP contribution < -0.4 is 10.9 Å². The van der Waals surface area contributed by atoms with E-state index in [0.29, 0.717) is 23.1 Å². The van der Waals surface area contributed by atoms with E-state index in [4.69, 9.17) is 11.6 Å². The number of hydrogen-bond donors (Lipinski definition) is 1. The number of carbonyl (C=O) groups is 1. The van der Waals surface area contributed by atoms with Gasteiger partial charge in [0.2, 0.25) is 0 Å². The van der Waals surface area contributed by atoms with Crippen molar-refractivity contribution in [3.63, 3.8) is 0 Å². The largest absolute Gasteiger partial charge is 0.331 e. The molecule has 0 spiro atoms. The van der Waals surface area contributed by atoms with Gasteiger partial charge in [0.1, 0.15) is 10.8 Å². The maximum absolute atomic E-state index is 12.1. The second-order valence-electron chi connectivity index (χ2n) is 4.10. The highest BCUT2D eigenvalue weighted by Gasteiger charge is 2.12. The van der Waals surface area contributed by atoms with Gasteiger partial charge in [-0.2, -0.15) is 0 Å². The summed E-state index contributed by atoms with van der Waals surface area (Å²) in [6, 6.07) is 6.31. The molecule has 0 atom stereocenters. The molecule has 100 valence electrons. The van der Waals surface area contributed by atoms with Gasteiger partial charge in [-0.3, -0.25) is 9.59 Å². The molecule has 1 amide bonds. The molecule has 2 heterocycles. The monoisotopic (exact) mass is 279 g/mol. The molecule has 0 fully saturated rings. The number of anilines is 1. The molecule has 0 unspecified atom stereocenters. The minimum Gasteiger partial charge on any atom is -0.331 e. The Bertz CT molecular complexity index is 673. The van der Waals surface area contributed by atoms with Gasteiger partial charge in [-0.05, 0) is 25.1 Å². The lowest BCUT2D eigenvalue weighted by Crippen LogP contribution is -2.20. The molecule has 2 aromatic heterocycles. The third-order valence-electron chi connectivity index (χ3n) is 2.88. The van der Waals surface area contributed by atoms with E-state index in [1.807, 2.05) is 6.92 Å². The molecular weight excluding hydrogens is 266 g/mol. The Morgan fingerprint density at radius 2 is 2.05 bits per heavy atom. The summed E-state index contributed by atoms with van der Waals surface area (Å²) in [5, 5.41) is 3.23. The second kappa shape index (κ2) is 5.32. The molecule has 5 nitrogen and oxygen atoms in total. The van der Waals surface area contributed by atoms with Crippen LogP contribution in [0.3, 0.4) is 0 Å². The van der Waals surface area contributed by atoms with Crippen LogP contribution in [0.1, 0.15) is 17.4 Å². The lowest BCUT2D eigenvalue weighted by atomic mass is 10.3. The molecule has 0 aromatic carbocycles. The van der Waals surface area contributed by atoms with Crippen molar-refractivity contribution in [3.8, 4) is 0 Å². The first-order chi connectivity index (χ1) is 9.02. The number of nitrogens with one attached hydrogen (secondary N) is 1. The number of aromatic nitrogens is 2. The third kappa shape index (κ3) is 2.71. The van der Waals surface area contributed by atoms with Crippen LogP contribution in [0, 0.1) is 0 Å². The van der Waals surface area contributed by atoms with Gasteiger partial charge in [-0.25, -0.2) is 0 Å². The summed E-state index contributed by atoms with van der Waals surface area (Å²) < 4.78 is 3.11. The van der Waals surface area contributed by atoms with Crippen molar-refractivity contribution >= 4 is 23.2 Å². The molecule has 0 radical (unpaired) electrons. The van der Waals surface area contributed by atoms with E-state index in [9.17, 15) is 9.59 Å². The van der Waals surface area contributed by atoms with E-state index in [2.05, 4.69) is 5.32 Å². The van der Waals surface area contributed by atoms with Crippen molar-refractivity contribution in [2.24, 2.45) is 7.05 Å². The molecule has 6 heteroatoms. The summed E-state index contributed by atoms with van der Waals surface area (Å²) in [6.07, 6.45) is 1.62. The maximum Gasteiger partial charge on any atom is 0.272 e. The van der Waals surface area contributed by atoms with Gasteiger partial charge >= 0.3 is 0 Å². The van der Waals surface area contributed by atoms with Crippen LogP contribution in [0.5, 0.6) is 0 Å². The Kier molecular flexibility index (Phi) is 3.76. The first kappa shape index (κ1) is 13.4. The fraction of sp³-hybridized carbons (Fsp3) is 0.231. The number of nitrogens with zero attached hydrogens (tertiary/aromatic N) is 2. The Balaban J connectivity index is 2.24. The zero-order chi connectivity index (χ0) is 14.0. The molecule has 2 aromatic rings. The number of hydrogen-bond acceptors (Lipinski definition) is 2. The van der Waals surface area contributed by atoms with Gasteiger partial charge < -0.3 is 14.5 Å². The minimum atomic E-state index is -0.268. The molecule has 0 aliphatic heterocycles. The Hall–Kier alpha value is -2.01. The molecule has 0 saturated carbocycles.